The molecule has 156 valence electrons. The molecule has 0 radical (unpaired) electrons. The van der Waals surface area contributed by atoms with Gasteiger partial charge in [-0.25, -0.2) is 13.4 Å². The van der Waals surface area contributed by atoms with Gasteiger partial charge in [0.15, 0.2) is 0 Å². The van der Waals surface area contributed by atoms with E-state index in [9.17, 15) is 21.6 Å². The van der Waals surface area contributed by atoms with Crippen LogP contribution in [0.3, 0.4) is 0 Å². The maximum atomic E-state index is 12.6. The van der Waals surface area contributed by atoms with Crippen LogP contribution < -0.4 is 9.62 Å². The first kappa shape index (κ1) is 20.0. The minimum Gasteiger partial charge on any atom is -0.367 e. The number of sulfonamides is 1. The molecular weight excluding hydrogens is 403 g/mol. The van der Waals surface area contributed by atoms with Gasteiger partial charge in [0.25, 0.3) is 0 Å². The summed E-state index contributed by atoms with van der Waals surface area (Å²) in [6.07, 6.45) is -0.202. The van der Waals surface area contributed by atoms with Crippen molar-refractivity contribution in [3.63, 3.8) is 0 Å². The number of pyridine rings is 1. The van der Waals surface area contributed by atoms with E-state index in [1.165, 1.54) is 10.4 Å². The number of hydrogen-bond donors (Lipinski definition) is 1. The van der Waals surface area contributed by atoms with Crippen LogP contribution in [-0.2, 0) is 22.0 Å². The van der Waals surface area contributed by atoms with E-state index >= 15 is 0 Å². The van der Waals surface area contributed by atoms with Gasteiger partial charge in [-0.15, -0.1) is 0 Å². The van der Waals surface area contributed by atoms with Gasteiger partial charge in [0.2, 0.25) is 10.0 Å². The third kappa shape index (κ3) is 4.34. The smallest absolute Gasteiger partial charge is 0.367 e. The number of hydrogen-bond acceptors (Lipinski definition) is 4. The highest BCUT2D eigenvalue weighted by molar-refractivity contribution is 7.92. The zero-order chi connectivity index (χ0) is 20.6. The number of anilines is 2. The molecule has 0 spiro atoms. The van der Waals surface area contributed by atoms with E-state index in [1.807, 2.05) is 24.3 Å². The van der Waals surface area contributed by atoms with Gasteiger partial charge in [-0.2, -0.15) is 13.2 Å². The Morgan fingerprint density at radius 1 is 1.07 bits per heavy atom. The maximum Gasteiger partial charge on any atom is 0.417 e. The Balaban J connectivity index is 1.33. The number of para-hydroxylation sites is 1. The molecule has 1 aliphatic carbocycles. The first-order chi connectivity index (χ1) is 13.7. The van der Waals surface area contributed by atoms with Crippen LogP contribution in [0.2, 0.25) is 0 Å². The zero-order valence-electron chi connectivity index (χ0n) is 15.7. The monoisotopic (exact) mass is 425 g/mol. The molecule has 0 saturated heterocycles. The van der Waals surface area contributed by atoms with E-state index < -0.39 is 21.8 Å². The Morgan fingerprint density at radius 3 is 2.45 bits per heavy atom. The lowest BCUT2D eigenvalue weighted by Crippen LogP contribution is -2.35. The highest BCUT2D eigenvalue weighted by Crippen LogP contribution is 2.36. The van der Waals surface area contributed by atoms with E-state index in [0.29, 0.717) is 12.4 Å². The van der Waals surface area contributed by atoms with Crippen LogP contribution in [0.4, 0.5) is 24.7 Å². The van der Waals surface area contributed by atoms with Crippen LogP contribution in [0.5, 0.6) is 0 Å². The van der Waals surface area contributed by atoms with Crippen molar-refractivity contribution in [2.75, 3.05) is 16.2 Å². The predicted octanol–water partition coefficient (Wildman–Crippen LogP) is 4.42. The lowest BCUT2D eigenvalue weighted by molar-refractivity contribution is -0.137. The summed E-state index contributed by atoms with van der Waals surface area (Å²) in [4.78, 5) is 3.87. The number of rotatable bonds is 4. The number of benzene rings is 1. The summed E-state index contributed by atoms with van der Waals surface area (Å²) in [7, 11) is -3.31. The molecule has 4 rings (SSSR count). The lowest BCUT2D eigenvalue weighted by atomic mass is 9.86. The Labute approximate surface area is 168 Å². The minimum atomic E-state index is -4.39. The number of nitrogens with one attached hydrogen (secondary N) is 1. The van der Waals surface area contributed by atoms with Crippen molar-refractivity contribution in [3.05, 3.63) is 53.7 Å². The number of aromatic nitrogens is 1. The third-order valence-electron chi connectivity index (χ3n) is 5.65. The molecule has 1 aliphatic heterocycles. The number of alkyl halides is 3. The van der Waals surface area contributed by atoms with Crippen LogP contribution in [0, 0.1) is 5.92 Å². The molecule has 2 aromatic rings. The van der Waals surface area contributed by atoms with Crippen LogP contribution in [0.1, 0.15) is 36.8 Å². The largest absolute Gasteiger partial charge is 0.417 e. The fraction of sp³-hybridized carbons (Fsp3) is 0.450. The summed E-state index contributed by atoms with van der Waals surface area (Å²) >= 11 is 0. The van der Waals surface area contributed by atoms with Crippen molar-refractivity contribution < 1.29 is 21.6 Å². The van der Waals surface area contributed by atoms with Crippen LogP contribution in [0.15, 0.2) is 42.6 Å². The molecule has 5 nitrogen and oxygen atoms in total. The average molecular weight is 425 g/mol. The summed E-state index contributed by atoms with van der Waals surface area (Å²) in [6.45, 7) is 0.477. The first-order valence-electron chi connectivity index (χ1n) is 9.60. The molecule has 0 amide bonds. The Hall–Kier alpha value is -2.29. The fourth-order valence-electron chi connectivity index (χ4n) is 4.09. The molecule has 1 aromatic heterocycles. The quantitative estimate of drug-likeness (QED) is 0.788. The summed E-state index contributed by atoms with van der Waals surface area (Å²) in [5.74, 6) is 0.742. The molecule has 0 atom stereocenters. The van der Waals surface area contributed by atoms with Crippen molar-refractivity contribution in [1.82, 2.24) is 4.98 Å². The van der Waals surface area contributed by atoms with Crippen LogP contribution >= 0.6 is 0 Å². The molecule has 1 saturated carbocycles. The predicted molar refractivity (Wildman–Crippen MR) is 105 cm³/mol. The lowest BCUT2D eigenvalue weighted by Gasteiger charge is -2.32. The Kier molecular flexibility index (Phi) is 5.18. The van der Waals surface area contributed by atoms with Gasteiger partial charge in [0.1, 0.15) is 5.82 Å². The van der Waals surface area contributed by atoms with Crippen LogP contribution in [0.25, 0.3) is 0 Å². The van der Waals surface area contributed by atoms with Gasteiger partial charge >= 0.3 is 6.18 Å². The highest BCUT2D eigenvalue weighted by atomic mass is 32.2. The average Bonchev–Trinajstić information content (AvgIpc) is 2.93. The van der Waals surface area contributed by atoms with Gasteiger partial charge in [0, 0.05) is 18.8 Å². The second-order valence-corrected chi connectivity index (χ2v) is 9.60. The molecule has 2 heterocycles. The van der Waals surface area contributed by atoms with Crippen molar-refractivity contribution in [3.8, 4) is 0 Å². The van der Waals surface area contributed by atoms with Gasteiger partial charge < -0.3 is 5.32 Å². The zero-order valence-corrected chi connectivity index (χ0v) is 16.5. The number of fused-ring (bicyclic) bond motifs is 1. The topological polar surface area (TPSA) is 62.3 Å². The molecule has 2 aliphatic rings. The minimum absolute atomic E-state index is 0.0552. The molecule has 1 N–H and O–H groups in total. The SMILES string of the molecule is O=S1(=O)Cc2ccccc2N1C[C@H]1CC[C@H](Nc2ccc(C(F)(F)F)cn2)CC1. The van der Waals surface area contributed by atoms with E-state index in [4.69, 9.17) is 0 Å². The summed E-state index contributed by atoms with van der Waals surface area (Å²) in [5.41, 5.74) is 0.858. The molecule has 0 bridgehead atoms. The number of halogens is 3. The Morgan fingerprint density at radius 2 is 1.79 bits per heavy atom. The van der Waals surface area contributed by atoms with Gasteiger partial charge in [0.05, 0.1) is 17.0 Å². The molecule has 0 unspecified atom stereocenters. The molecule has 1 aromatic carbocycles. The van der Waals surface area contributed by atoms with Crippen LogP contribution in [-0.4, -0.2) is 26.0 Å². The first-order valence-corrected chi connectivity index (χ1v) is 11.2. The molecule has 1 fully saturated rings. The van der Waals surface area contributed by atoms with Crippen molar-refractivity contribution in [1.29, 1.82) is 0 Å². The van der Waals surface area contributed by atoms with Gasteiger partial charge in [-0.05, 0) is 55.4 Å². The van der Waals surface area contributed by atoms with E-state index in [-0.39, 0.29) is 17.7 Å². The molecular formula is C20H22F3N3O2S. The van der Waals surface area contributed by atoms with Gasteiger partial charge in [-0.3, -0.25) is 4.31 Å². The van der Waals surface area contributed by atoms with Gasteiger partial charge in [-0.1, -0.05) is 18.2 Å². The van der Waals surface area contributed by atoms with E-state index in [0.717, 1.165) is 49.2 Å². The third-order valence-corrected chi connectivity index (χ3v) is 7.34. The molecule has 29 heavy (non-hydrogen) atoms. The second kappa shape index (κ2) is 7.51. The van der Waals surface area contributed by atoms with Crippen molar-refractivity contribution >= 4 is 21.5 Å². The van der Waals surface area contributed by atoms with E-state index in [1.54, 1.807) is 0 Å². The number of nitrogens with zero attached hydrogens (tertiary/aromatic N) is 2. The summed E-state index contributed by atoms with van der Waals surface area (Å²) < 4.78 is 64.5. The summed E-state index contributed by atoms with van der Waals surface area (Å²) in [6, 6.07) is 9.90. The Bertz CT molecular complexity index is 969. The second-order valence-electron chi connectivity index (χ2n) is 7.71. The molecule has 9 heteroatoms. The van der Waals surface area contributed by atoms with Crippen molar-refractivity contribution in [2.24, 2.45) is 5.92 Å². The van der Waals surface area contributed by atoms with Crippen molar-refractivity contribution in [2.45, 2.75) is 43.7 Å². The highest BCUT2D eigenvalue weighted by Gasteiger charge is 2.35. The van der Waals surface area contributed by atoms with E-state index in [2.05, 4.69) is 10.3 Å². The normalized spacial score (nSPS) is 23.6. The maximum absolute atomic E-state index is 12.6. The standard InChI is InChI=1S/C20H22F3N3O2S/c21-20(22,23)16-7-10-19(24-11-16)25-17-8-5-14(6-9-17)12-26-18-4-2-1-3-15(18)13-29(26,27)28/h1-4,7,10-11,14,17H,5-6,8-9,12-13H2,(H,24,25)/t14-,17-. The summed E-state index contributed by atoms with van der Waals surface area (Å²) in [5, 5.41) is 3.20. The fourth-order valence-corrected chi connectivity index (χ4v) is 5.80.